The van der Waals surface area contributed by atoms with E-state index >= 15 is 0 Å². The Morgan fingerprint density at radius 3 is 2.86 bits per heavy atom. The first-order valence-corrected chi connectivity index (χ1v) is 7.54. The van der Waals surface area contributed by atoms with Crippen LogP contribution in [0.15, 0.2) is 24.3 Å². The number of amides is 3. The molecule has 7 heteroatoms. The number of ether oxygens (including phenoxy) is 1. The molecule has 2 atom stereocenters. The van der Waals surface area contributed by atoms with Crippen LogP contribution in [0.4, 0.5) is 4.79 Å². The summed E-state index contributed by atoms with van der Waals surface area (Å²) < 4.78 is 5.86. The van der Waals surface area contributed by atoms with Gasteiger partial charge in [0.1, 0.15) is 0 Å². The smallest absolute Gasteiger partial charge is 0.318 e. The number of primary amides is 1. The molecule has 0 radical (unpaired) electrons. The molecule has 1 heterocycles. The highest BCUT2D eigenvalue weighted by molar-refractivity contribution is 6.31. The molecule has 0 aromatic heterocycles. The minimum absolute atomic E-state index is 0.121. The van der Waals surface area contributed by atoms with Gasteiger partial charge in [0.05, 0.1) is 12.7 Å². The van der Waals surface area contributed by atoms with E-state index in [2.05, 4.69) is 10.2 Å². The minimum atomic E-state index is -0.825. The number of nitrogens with two attached hydrogens (primary N) is 1. The normalized spacial score (nSPS) is 22.3. The molecule has 22 heavy (non-hydrogen) atoms. The maximum absolute atomic E-state index is 11.5. The quantitative estimate of drug-likeness (QED) is 0.882. The van der Waals surface area contributed by atoms with Crippen molar-refractivity contribution in [1.29, 1.82) is 0 Å². The van der Waals surface area contributed by atoms with E-state index in [1.165, 1.54) is 0 Å². The Morgan fingerprint density at radius 2 is 2.18 bits per heavy atom. The van der Waals surface area contributed by atoms with Crippen LogP contribution in [-0.4, -0.2) is 42.6 Å². The van der Waals surface area contributed by atoms with Crippen LogP contribution in [-0.2, 0) is 9.53 Å². The minimum Gasteiger partial charge on any atom is -0.371 e. The van der Waals surface area contributed by atoms with Crippen molar-refractivity contribution in [2.75, 3.05) is 19.7 Å². The number of hydrogen-bond donors (Lipinski definition) is 2. The second-order valence-corrected chi connectivity index (χ2v) is 5.76. The van der Waals surface area contributed by atoms with Crippen LogP contribution in [0.2, 0.25) is 5.02 Å². The van der Waals surface area contributed by atoms with E-state index in [9.17, 15) is 9.59 Å². The van der Waals surface area contributed by atoms with Crippen LogP contribution in [0.1, 0.15) is 25.0 Å². The summed E-state index contributed by atoms with van der Waals surface area (Å²) in [5, 5.41) is 2.74. The zero-order valence-electron chi connectivity index (χ0n) is 12.4. The van der Waals surface area contributed by atoms with Gasteiger partial charge in [0, 0.05) is 36.1 Å². The molecule has 0 aliphatic carbocycles. The van der Waals surface area contributed by atoms with E-state index in [0.717, 1.165) is 5.56 Å². The number of halogens is 1. The SMILES string of the molecule is C[C@@H]1CO[C@H](c2ccccc2Cl)CN1CCC(=O)NC(N)=O. The molecule has 3 N–H and O–H groups in total. The number of carbonyl (C=O) groups is 2. The maximum Gasteiger partial charge on any atom is 0.318 e. The second-order valence-electron chi connectivity index (χ2n) is 5.35. The van der Waals surface area contributed by atoms with Crippen molar-refractivity contribution >= 4 is 23.5 Å². The van der Waals surface area contributed by atoms with Gasteiger partial charge >= 0.3 is 6.03 Å². The highest BCUT2D eigenvalue weighted by Crippen LogP contribution is 2.29. The molecule has 120 valence electrons. The molecule has 1 fully saturated rings. The molecule has 1 aliphatic rings. The van der Waals surface area contributed by atoms with Gasteiger partial charge < -0.3 is 10.5 Å². The molecule has 1 saturated heterocycles. The zero-order valence-corrected chi connectivity index (χ0v) is 13.2. The fraction of sp³-hybridized carbons (Fsp3) is 0.467. The Hall–Kier alpha value is -1.63. The Balaban J connectivity index is 1.95. The summed E-state index contributed by atoms with van der Waals surface area (Å²) in [5.74, 6) is -0.375. The van der Waals surface area contributed by atoms with Crippen LogP contribution < -0.4 is 11.1 Å². The summed E-state index contributed by atoms with van der Waals surface area (Å²) in [4.78, 5) is 24.3. The summed E-state index contributed by atoms with van der Waals surface area (Å²) in [5.41, 5.74) is 5.87. The average Bonchev–Trinajstić information content (AvgIpc) is 2.46. The molecule has 0 unspecified atom stereocenters. The van der Waals surface area contributed by atoms with Crippen molar-refractivity contribution in [2.24, 2.45) is 5.73 Å². The highest BCUT2D eigenvalue weighted by Gasteiger charge is 2.28. The van der Waals surface area contributed by atoms with Crippen molar-refractivity contribution in [3.8, 4) is 0 Å². The van der Waals surface area contributed by atoms with E-state index in [1.54, 1.807) is 0 Å². The Labute approximate surface area is 134 Å². The monoisotopic (exact) mass is 325 g/mol. The van der Waals surface area contributed by atoms with Gasteiger partial charge in [0.15, 0.2) is 0 Å². The molecule has 6 nitrogen and oxygen atoms in total. The zero-order chi connectivity index (χ0) is 16.1. The van der Waals surface area contributed by atoms with Crippen molar-refractivity contribution in [2.45, 2.75) is 25.5 Å². The second kappa shape index (κ2) is 7.58. The van der Waals surface area contributed by atoms with Gasteiger partial charge in [0.25, 0.3) is 0 Å². The number of hydrogen-bond acceptors (Lipinski definition) is 4. The predicted octanol–water partition coefficient (Wildman–Crippen LogP) is 1.69. The van der Waals surface area contributed by atoms with Crippen molar-refractivity contribution in [3.05, 3.63) is 34.9 Å². The van der Waals surface area contributed by atoms with Crippen molar-refractivity contribution < 1.29 is 14.3 Å². The molecule has 3 amide bonds. The lowest BCUT2D eigenvalue weighted by Gasteiger charge is -2.38. The first-order valence-electron chi connectivity index (χ1n) is 7.16. The third kappa shape index (κ3) is 4.43. The molecule has 0 spiro atoms. The number of imide groups is 1. The number of rotatable bonds is 4. The van der Waals surface area contributed by atoms with Gasteiger partial charge in [-0.1, -0.05) is 29.8 Å². The van der Waals surface area contributed by atoms with Crippen LogP contribution >= 0.6 is 11.6 Å². The molecular weight excluding hydrogens is 306 g/mol. The van der Waals surface area contributed by atoms with E-state index in [4.69, 9.17) is 22.1 Å². The van der Waals surface area contributed by atoms with Crippen molar-refractivity contribution in [1.82, 2.24) is 10.2 Å². The fourth-order valence-electron chi connectivity index (χ4n) is 2.49. The number of morpholine rings is 1. The van der Waals surface area contributed by atoms with E-state index < -0.39 is 6.03 Å². The summed E-state index contributed by atoms with van der Waals surface area (Å²) in [6.45, 7) is 3.78. The number of urea groups is 1. The summed E-state index contributed by atoms with van der Waals surface area (Å²) in [6, 6.07) is 6.95. The lowest BCUT2D eigenvalue weighted by Crippen LogP contribution is -2.46. The first kappa shape index (κ1) is 16.7. The largest absolute Gasteiger partial charge is 0.371 e. The molecule has 0 bridgehead atoms. The van der Waals surface area contributed by atoms with Gasteiger partial charge in [-0.25, -0.2) is 4.79 Å². The number of benzene rings is 1. The lowest BCUT2D eigenvalue weighted by molar-refractivity contribution is -0.121. The highest BCUT2D eigenvalue weighted by atomic mass is 35.5. The van der Waals surface area contributed by atoms with E-state index in [0.29, 0.717) is 24.7 Å². The number of nitrogens with one attached hydrogen (secondary N) is 1. The van der Waals surface area contributed by atoms with Gasteiger partial charge in [0.2, 0.25) is 5.91 Å². The summed E-state index contributed by atoms with van der Waals surface area (Å²) in [7, 11) is 0. The van der Waals surface area contributed by atoms with Crippen molar-refractivity contribution in [3.63, 3.8) is 0 Å². The molecule has 2 rings (SSSR count). The number of carbonyl (C=O) groups excluding carboxylic acids is 2. The van der Waals surface area contributed by atoms with Crippen LogP contribution in [0.3, 0.4) is 0 Å². The Kier molecular flexibility index (Phi) is 5.76. The summed E-state index contributed by atoms with van der Waals surface area (Å²) >= 11 is 6.21. The molecule has 1 aromatic rings. The van der Waals surface area contributed by atoms with Gasteiger partial charge in [-0.15, -0.1) is 0 Å². The van der Waals surface area contributed by atoms with Crippen LogP contribution in [0.25, 0.3) is 0 Å². The predicted molar refractivity (Wildman–Crippen MR) is 83.5 cm³/mol. The Morgan fingerprint density at radius 1 is 1.45 bits per heavy atom. The topological polar surface area (TPSA) is 84.7 Å². The Bertz CT molecular complexity index is 553. The van der Waals surface area contributed by atoms with E-state index in [-0.39, 0.29) is 24.5 Å². The first-order chi connectivity index (χ1) is 10.5. The molecular formula is C15H20ClN3O3. The van der Waals surface area contributed by atoms with Crippen LogP contribution in [0, 0.1) is 0 Å². The molecule has 0 saturated carbocycles. The van der Waals surface area contributed by atoms with Crippen LogP contribution in [0.5, 0.6) is 0 Å². The maximum atomic E-state index is 11.5. The van der Waals surface area contributed by atoms with Gasteiger partial charge in [-0.3, -0.25) is 15.0 Å². The number of nitrogens with zero attached hydrogens (tertiary/aromatic N) is 1. The molecule has 1 aliphatic heterocycles. The van der Waals surface area contributed by atoms with E-state index in [1.807, 2.05) is 31.2 Å². The summed E-state index contributed by atoms with van der Waals surface area (Å²) in [6.07, 6.45) is 0.0896. The van der Waals surface area contributed by atoms with Gasteiger partial charge in [-0.2, -0.15) is 0 Å². The third-order valence-corrected chi connectivity index (χ3v) is 4.05. The third-order valence-electron chi connectivity index (χ3n) is 3.70. The fourth-order valence-corrected chi connectivity index (χ4v) is 2.74. The average molecular weight is 326 g/mol. The molecule has 1 aromatic carbocycles. The van der Waals surface area contributed by atoms with Gasteiger partial charge in [-0.05, 0) is 13.0 Å². The lowest BCUT2D eigenvalue weighted by atomic mass is 10.1. The standard InChI is InChI=1S/C15H20ClN3O3/c1-10-9-22-13(11-4-2-3-5-12(11)16)8-19(10)7-6-14(20)18-15(17)21/h2-5,10,13H,6-9H2,1H3,(H3,17,18,20,21)/t10-,13+/m1/s1.